The minimum Gasteiger partial charge on any atom is -0.497 e. The Morgan fingerprint density at radius 1 is 1.29 bits per heavy atom. The van der Waals surface area contributed by atoms with E-state index in [2.05, 4.69) is 12.2 Å². The van der Waals surface area contributed by atoms with Crippen LogP contribution in [-0.2, 0) is 0 Å². The Kier molecular flexibility index (Phi) is 5.10. The summed E-state index contributed by atoms with van der Waals surface area (Å²) >= 11 is 0. The molecule has 0 bridgehead atoms. The van der Waals surface area contributed by atoms with Gasteiger partial charge in [0.2, 0.25) is 0 Å². The molecule has 17 heavy (non-hydrogen) atoms. The number of anilines is 1. The van der Waals surface area contributed by atoms with Crippen molar-refractivity contribution in [2.75, 3.05) is 32.6 Å². The van der Waals surface area contributed by atoms with Crippen LogP contribution in [0.5, 0.6) is 11.5 Å². The summed E-state index contributed by atoms with van der Waals surface area (Å²) < 4.78 is 10.6. The predicted molar refractivity (Wildman–Crippen MR) is 71.0 cm³/mol. The number of hydrogen-bond donors (Lipinski definition) is 2. The lowest BCUT2D eigenvalue weighted by molar-refractivity contribution is 0.394. The van der Waals surface area contributed by atoms with E-state index in [1.807, 2.05) is 19.1 Å². The van der Waals surface area contributed by atoms with Gasteiger partial charge in [-0.15, -0.1) is 0 Å². The molecule has 0 saturated heterocycles. The van der Waals surface area contributed by atoms with Crippen molar-refractivity contribution in [2.24, 2.45) is 11.7 Å². The molecule has 0 aliphatic carbocycles. The molecule has 0 aromatic heterocycles. The topological polar surface area (TPSA) is 56.5 Å². The van der Waals surface area contributed by atoms with Gasteiger partial charge in [0.15, 0.2) is 0 Å². The van der Waals surface area contributed by atoms with Crippen molar-refractivity contribution in [3.8, 4) is 11.5 Å². The first-order chi connectivity index (χ1) is 8.12. The highest BCUT2D eigenvalue weighted by Crippen LogP contribution is 2.33. The third-order valence-electron chi connectivity index (χ3n) is 2.76. The highest BCUT2D eigenvalue weighted by molar-refractivity contribution is 5.64. The van der Waals surface area contributed by atoms with Crippen LogP contribution in [0.2, 0.25) is 0 Å². The Labute approximate surface area is 103 Å². The first-order valence-corrected chi connectivity index (χ1v) is 5.79. The van der Waals surface area contributed by atoms with Gasteiger partial charge in [-0.1, -0.05) is 6.92 Å². The van der Waals surface area contributed by atoms with E-state index >= 15 is 0 Å². The molecule has 1 atom stereocenters. The van der Waals surface area contributed by atoms with Gasteiger partial charge in [0.1, 0.15) is 11.5 Å². The Balaban J connectivity index is 2.89. The van der Waals surface area contributed by atoms with Crippen molar-refractivity contribution in [1.82, 2.24) is 0 Å². The van der Waals surface area contributed by atoms with Gasteiger partial charge in [-0.25, -0.2) is 0 Å². The molecule has 0 saturated carbocycles. The molecule has 3 N–H and O–H groups in total. The van der Waals surface area contributed by atoms with Crippen LogP contribution in [-0.4, -0.2) is 27.3 Å². The predicted octanol–water partition coefficient (Wildman–Crippen LogP) is 2.02. The van der Waals surface area contributed by atoms with Gasteiger partial charge in [-0.05, 0) is 31.0 Å². The molecule has 96 valence electrons. The van der Waals surface area contributed by atoms with E-state index in [4.69, 9.17) is 15.2 Å². The maximum absolute atomic E-state index is 5.60. The van der Waals surface area contributed by atoms with Crippen LogP contribution in [0, 0.1) is 12.8 Å². The van der Waals surface area contributed by atoms with Gasteiger partial charge in [-0.2, -0.15) is 0 Å². The van der Waals surface area contributed by atoms with E-state index in [1.165, 1.54) is 0 Å². The molecule has 0 spiro atoms. The molecular formula is C13H22N2O2. The minimum atomic E-state index is 0.432. The van der Waals surface area contributed by atoms with Crippen LogP contribution in [0.15, 0.2) is 12.1 Å². The Bertz CT molecular complexity index is 367. The average Bonchev–Trinajstić information content (AvgIpc) is 2.35. The second kappa shape index (κ2) is 6.35. The molecule has 1 aromatic carbocycles. The molecule has 0 heterocycles. The van der Waals surface area contributed by atoms with Gasteiger partial charge in [0.25, 0.3) is 0 Å². The van der Waals surface area contributed by atoms with Crippen molar-refractivity contribution < 1.29 is 9.47 Å². The number of methoxy groups -OCH3 is 2. The van der Waals surface area contributed by atoms with Gasteiger partial charge in [0.05, 0.1) is 19.9 Å². The fourth-order valence-electron chi connectivity index (χ4n) is 1.59. The minimum absolute atomic E-state index is 0.432. The molecule has 0 aliphatic rings. The summed E-state index contributed by atoms with van der Waals surface area (Å²) in [5, 5.41) is 3.37. The lowest BCUT2D eigenvalue weighted by atomic mass is 10.1. The number of ether oxygens (including phenoxy) is 2. The lowest BCUT2D eigenvalue weighted by Crippen LogP contribution is -2.20. The molecule has 0 aliphatic heterocycles. The second-order valence-electron chi connectivity index (χ2n) is 4.24. The SMILES string of the molecule is COc1cc(C)c(NCC(C)CN)c(OC)c1. The fraction of sp³-hybridized carbons (Fsp3) is 0.538. The zero-order valence-electron chi connectivity index (χ0n) is 11.0. The summed E-state index contributed by atoms with van der Waals surface area (Å²) in [6, 6.07) is 3.86. The maximum atomic E-state index is 5.60. The van der Waals surface area contributed by atoms with Crippen LogP contribution in [0.3, 0.4) is 0 Å². The highest BCUT2D eigenvalue weighted by Gasteiger charge is 2.10. The standard InChI is InChI=1S/C13H22N2O2/c1-9(7-14)8-15-13-10(2)5-11(16-3)6-12(13)17-4/h5-6,9,15H,7-8,14H2,1-4H3. The summed E-state index contributed by atoms with van der Waals surface area (Å²) in [6.45, 7) is 5.64. The number of rotatable bonds is 6. The van der Waals surface area contributed by atoms with Crippen molar-refractivity contribution in [3.63, 3.8) is 0 Å². The Morgan fingerprint density at radius 3 is 2.53 bits per heavy atom. The normalized spacial score (nSPS) is 12.1. The van der Waals surface area contributed by atoms with Crippen LogP contribution in [0.25, 0.3) is 0 Å². The first-order valence-electron chi connectivity index (χ1n) is 5.79. The zero-order chi connectivity index (χ0) is 12.8. The van der Waals surface area contributed by atoms with Crippen LogP contribution >= 0.6 is 0 Å². The smallest absolute Gasteiger partial charge is 0.145 e. The van der Waals surface area contributed by atoms with Crippen LogP contribution in [0.1, 0.15) is 12.5 Å². The Hall–Kier alpha value is -1.42. The summed E-state index contributed by atoms with van der Waals surface area (Å²) in [7, 11) is 3.31. The third-order valence-corrected chi connectivity index (χ3v) is 2.76. The molecule has 1 aromatic rings. The van der Waals surface area contributed by atoms with Gasteiger partial charge in [-0.3, -0.25) is 0 Å². The molecule has 4 nitrogen and oxygen atoms in total. The maximum Gasteiger partial charge on any atom is 0.145 e. The summed E-state index contributed by atoms with van der Waals surface area (Å²) in [5.41, 5.74) is 7.71. The number of nitrogens with one attached hydrogen (secondary N) is 1. The largest absolute Gasteiger partial charge is 0.497 e. The fourth-order valence-corrected chi connectivity index (χ4v) is 1.59. The second-order valence-corrected chi connectivity index (χ2v) is 4.24. The number of nitrogens with two attached hydrogens (primary N) is 1. The number of hydrogen-bond acceptors (Lipinski definition) is 4. The van der Waals surface area contributed by atoms with Crippen molar-refractivity contribution in [1.29, 1.82) is 0 Å². The van der Waals surface area contributed by atoms with E-state index in [9.17, 15) is 0 Å². The van der Waals surface area contributed by atoms with E-state index in [0.717, 1.165) is 29.3 Å². The van der Waals surface area contributed by atoms with Crippen molar-refractivity contribution in [3.05, 3.63) is 17.7 Å². The molecular weight excluding hydrogens is 216 g/mol. The first kappa shape index (κ1) is 13.6. The Morgan fingerprint density at radius 2 is 2.00 bits per heavy atom. The summed E-state index contributed by atoms with van der Waals surface area (Å²) in [4.78, 5) is 0. The molecule has 4 heteroatoms. The van der Waals surface area contributed by atoms with Crippen molar-refractivity contribution >= 4 is 5.69 Å². The number of benzene rings is 1. The molecule has 0 fully saturated rings. The molecule has 1 rings (SSSR count). The summed E-state index contributed by atoms with van der Waals surface area (Å²) in [6.07, 6.45) is 0. The van der Waals surface area contributed by atoms with Gasteiger partial charge >= 0.3 is 0 Å². The van der Waals surface area contributed by atoms with E-state index in [-0.39, 0.29) is 0 Å². The van der Waals surface area contributed by atoms with Crippen LogP contribution < -0.4 is 20.5 Å². The summed E-state index contributed by atoms with van der Waals surface area (Å²) in [5.74, 6) is 2.03. The molecule has 0 amide bonds. The quantitative estimate of drug-likeness (QED) is 0.796. The van der Waals surface area contributed by atoms with E-state index < -0.39 is 0 Å². The van der Waals surface area contributed by atoms with Crippen LogP contribution in [0.4, 0.5) is 5.69 Å². The van der Waals surface area contributed by atoms with Gasteiger partial charge in [0, 0.05) is 12.6 Å². The van der Waals surface area contributed by atoms with Crippen molar-refractivity contribution in [2.45, 2.75) is 13.8 Å². The zero-order valence-corrected chi connectivity index (χ0v) is 11.0. The lowest BCUT2D eigenvalue weighted by Gasteiger charge is -2.17. The highest BCUT2D eigenvalue weighted by atomic mass is 16.5. The number of aryl methyl sites for hydroxylation is 1. The van der Waals surface area contributed by atoms with E-state index in [1.54, 1.807) is 14.2 Å². The monoisotopic (exact) mass is 238 g/mol. The third kappa shape index (κ3) is 3.53. The van der Waals surface area contributed by atoms with Gasteiger partial charge < -0.3 is 20.5 Å². The molecule has 1 unspecified atom stereocenters. The average molecular weight is 238 g/mol. The molecule has 0 radical (unpaired) electrons. The van der Waals surface area contributed by atoms with E-state index in [0.29, 0.717) is 12.5 Å².